The highest BCUT2D eigenvalue weighted by Gasteiger charge is 2.32. The maximum Gasteiger partial charge on any atom is 0.410 e. The Hall–Kier alpha value is -4.58. The maximum absolute atomic E-state index is 13.8. The van der Waals surface area contributed by atoms with Crippen LogP contribution < -0.4 is 4.74 Å². The molecule has 1 aliphatic heterocycles. The Morgan fingerprint density at radius 2 is 1.62 bits per heavy atom. The molecule has 5 rings (SSSR count). The number of rotatable bonds is 6. The summed E-state index contributed by atoms with van der Waals surface area (Å²) in [6.07, 6.45) is 1.06. The molecule has 2 atom stereocenters. The molecule has 0 bridgehead atoms. The smallest absolute Gasteiger partial charge is 0.410 e. The van der Waals surface area contributed by atoms with Crippen molar-refractivity contribution in [1.29, 1.82) is 0 Å². The van der Waals surface area contributed by atoms with Gasteiger partial charge >= 0.3 is 12.1 Å². The van der Waals surface area contributed by atoms with Crippen LogP contribution in [0.2, 0.25) is 0 Å². The number of ether oxygens (including phenoxy) is 2. The standard InChI is InChI=1S/C36H37NO5/c1-22-18-19-27(23(2)33(22)34(38)39)31-20-26(41-32-17-10-9-15-30(31)32)21-37(35(40)42-36(4,5)6)24(3)28-16-11-13-25-12-7-8-14-29(25)28/h7-20,24,26H,21H2,1-6H3,(H,38,39)/t24-,26?/m1/s1. The highest BCUT2D eigenvalue weighted by Crippen LogP contribution is 2.39. The van der Waals surface area contributed by atoms with Crippen LogP contribution in [0.4, 0.5) is 4.79 Å². The molecule has 0 spiro atoms. The van der Waals surface area contributed by atoms with Crippen molar-refractivity contribution in [2.75, 3.05) is 6.54 Å². The Labute approximate surface area is 247 Å². The second kappa shape index (κ2) is 11.4. The Kier molecular flexibility index (Phi) is 7.83. The number of fused-ring (bicyclic) bond motifs is 2. The van der Waals surface area contributed by atoms with Crippen LogP contribution in [0, 0.1) is 13.8 Å². The van der Waals surface area contributed by atoms with Crippen molar-refractivity contribution in [2.24, 2.45) is 0 Å². The van der Waals surface area contributed by atoms with E-state index in [1.54, 1.807) is 4.90 Å². The minimum absolute atomic E-state index is 0.230. The molecule has 42 heavy (non-hydrogen) atoms. The predicted molar refractivity (Wildman–Crippen MR) is 166 cm³/mol. The Morgan fingerprint density at radius 3 is 2.36 bits per heavy atom. The molecular formula is C36H37NO5. The van der Waals surface area contributed by atoms with Crippen LogP contribution in [0.1, 0.15) is 71.9 Å². The van der Waals surface area contributed by atoms with E-state index < -0.39 is 23.8 Å². The summed E-state index contributed by atoms with van der Waals surface area (Å²) in [5.41, 5.74) is 4.62. The van der Waals surface area contributed by atoms with Gasteiger partial charge in [-0.2, -0.15) is 0 Å². The topological polar surface area (TPSA) is 76.1 Å². The number of aromatic carboxylic acids is 1. The molecule has 1 aliphatic rings. The van der Waals surface area contributed by atoms with Crippen LogP contribution in [0.15, 0.2) is 84.9 Å². The fourth-order valence-electron chi connectivity index (χ4n) is 5.75. The fraction of sp³-hybridized carbons (Fsp3) is 0.278. The van der Waals surface area contributed by atoms with E-state index in [9.17, 15) is 14.7 Å². The van der Waals surface area contributed by atoms with E-state index >= 15 is 0 Å². The number of benzene rings is 4. The molecule has 0 aromatic heterocycles. The van der Waals surface area contributed by atoms with Crippen molar-refractivity contribution in [3.63, 3.8) is 0 Å². The van der Waals surface area contributed by atoms with Gasteiger partial charge in [-0.1, -0.05) is 72.8 Å². The van der Waals surface area contributed by atoms with Crippen LogP contribution in [-0.2, 0) is 4.74 Å². The number of aryl methyl sites for hydroxylation is 1. The van der Waals surface area contributed by atoms with Crippen LogP contribution >= 0.6 is 0 Å². The van der Waals surface area contributed by atoms with Crippen LogP contribution in [0.5, 0.6) is 5.75 Å². The third-order valence-electron chi connectivity index (χ3n) is 7.73. The van der Waals surface area contributed by atoms with Gasteiger partial charge in [0, 0.05) is 5.56 Å². The second-order valence-corrected chi connectivity index (χ2v) is 11.8. The largest absolute Gasteiger partial charge is 0.484 e. The summed E-state index contributed by atoms with van der Waals surface area (Å²) >= 11 is 0. The average Bonchev–Trinajstić information content (AvgIpc) is 2.94. The lowest BCUT2D eigenvalue weighted by atomic mass is 9.87. The summed E-state index contributed by atoms with van der Waals surface area (Å²) in [5.74, 6) is -0.275. The molecule has 4 aromatic carbocycles. The van der Waals surface area contributed by atoms with Crippen LogP contribution in [0.25, 0.3) is 16.3 Å². The van der Waals surface area contributed by atoms with Gasteiger partial charge in [0.2, 0.25) is 0 Å². The lowest BCUT2D eigenvalue weighted by molar-refractivity contribution is 0.0110. The number of hydrogen-bond donors (Lipinski definition) is 1. The van der Waals surface area contributed by atoms with Gasteiger partial charge in [-0.3, -0.25) is 4.90 Å². The van der Waals surface area contributed by atoms with E-state index in [0.717, 1.165) is 33.0 Å². The molecule has 0 saturated heterocycles. The zero-order chi connectivity index (χ0) is 30.2. The number of nitrogens with zero attached hydrogens (tertiary/aromatic N) is 1. The predicted octanol–water partition coefficient (Wildman–Crippen LogP) is 8.35. The summed E-state index contributed by atoms with van der Waals surface area (Å²) in [6, 6.07) is 25.5. The minimum Gasteiger partial charge on any atom is -0.484 e. The summed E-state index contributed by atoms with van der Waals surface area (Å²) in [5, 5.41) is 12.1. The maximum atomic E-state index is 13.8. The molecule has 216 valence electrons. The SMILES string of the molecule is Cc1ccc(C2=CC(CN(C(=O)OC(C)(C)C)[C@H](C)c3cccc4ccccc34)Oc3ccccc32)c(C)c1C(=O)O. The molecule has 1 unspecified atom stereocenters. The molecule has 0 saturated carbocycles. The van der Waals surface area contributed by atoms with Gasteiger partial charge in [-0.05, 0) is 92.3 Å². The molecule has 6 nitrogen and oxygen atoms in total. The summed E-state index contributed by atoms with van der Waals surface area (Å²) in [4.78, 5) is 27.6. The number of hydrogen-bond acceptors (Lipinski definition) is 4. The van der Waals surface area contributed by atoms with Gasteiger partial charge in [0.15, 0.2) is 0 Å². The van der Waals surface area contributed by atoms with Crippen molar-refractivity contribution in [3.05, 3.63) is 118 Å². The summed E-state index contributed by atoms with van der Waals surface area (Å²) in [7, 11) is 0. The molecule has 4 aromatic rings. The Bertz CT molecular complexity index is 1690. The zero-order valence-corrected chi connectivity index (χ0v) is 25.0. The molecule has 0 aliphatic carbocycles. The molecule has 0 fully saturated rings. The van der Waals surface area contributed by atoms with Crippen molar-refractivity contribution in [3.8, 4) is 5.75 Å². The molecular weight excluding hydrogens is 526 g/mol. The first kappa shape index (κ1) is 28.9. The van der Waals surface area contributed by atoms with Gasteiger partial charge in [0.05, 0.1) is 18.2 Å². The monoisotopic (exact) mass is 563 g/mol. The Balaban J connectivity index is 1.59. The van der Waals surface area contributed by atoms with E-state index in [-0.39, 0.29) is 12.6 Å². The molecule has 1 N–H and O–H groups in total. The summed E-state index contributed by atoms with van der Waals surface area (Å²) < 4.78 is 12.4. The lowest BCUT2D eigenvalue weighted by Gasteiger charge is -2.36. The van der Waals surface area contributed by atoms with E-state index in [4.69, 9.17) is 9.47 Å². The van der Waals surface area contributed by atoms with E-state index in [2.05, 4.69) is 18.2 Å². The van der Waals surface area contributed by atoms with Crippen LogP contribution in [0.3, 0.4) is 0 Å². The van der Waals surface area contributed by atoms with Gasteiger partial charge < -0.3 is 14.6 Å². The normalized spacial score (nSPS) is 15.3. The first-order valence-electron chi connectivity index (χ1n) is 14.2. The molecule has 1 heterocycles. The number of carboxylic acids is 1. The molecule has 0 radical (unpaired) electrons. The Morgan fingerprint density at radius 1 is 0.929 bits per heavy atom. The van der Waals surface area contributed by atoms with E-state index in [1.807, 2.05) is 108 Å². The van der Waals surface area contributed by atoms with Crippen molar-refractivity contribution in [2.45, 2.75) is 59.3 Å². The summed E-state index contributed by atoms with van der Waals surface area (Å²) in [6.45, 7) is 11.5. The number of para-hydroxylation sites is 1. The van der Waals surface area contributed by atoms with Gasteiger partial charge in [-0.25, -0.2) is 9.59 Å². The van der Waals surface area contributed by atoms with Gasteiger partial charge in [0.1, 0.15) is 17.5 Å². The molecule has 1 amide bonds. The third-order valence-corrected chi connectivity index (χ3v) is 7.73. The van der Waals surface area contributed by atoms with Crippen molar-refractivity contribution in [1.82, 2.24) is 4.90 Å². The first-order valence-corrected chi connectivity index (χ1v) is 14.2. The highest BCUT2D eigenvalue weighted by molar-refractivity contribution is 5.95. The number of carboxylic acid groups (broad SMARTS) is 1. The number of amides is 1. The van der Waals surface area contributed by atoms with E-state index in [0.29, 0.717) is 22.4 Å². The quantitative estimate of drug-likeness (QED) is 0.255. The van der Waals surface area contributed by atoms with E-state index in [1.165, 1.54) is 0 Å². The fourth-order valence-corrected chi connectivity index (χ4v) is 5.75. The highest BCUT2D eigenvalue weighted by atomic mass is 16.6. The average molecular weight is 564 g/mol. The third kappa shape index (κ3) is 5.75. The zero-order valence-electron chi connectivity index (χ0n) is 25.0. The van der Waals surface area contributed by atoms with Gasteiger partial charge in [0.25, 0.3) is 0 Å². The van der Waals surface area contributed by atoms with Crippen LogP contribution in [-0.4, -0.2) is 40.3 Å². The second-order valence-electron chi connectivity index (χ2n) is 11.8. The van der Waals surface area contributed by atoms with Gasteiger partial charge in [-0.15, -0.1) is 0 Å². The van der Waals surface area contributed by atoms with Crippen molar-refractivity contribution < 1.29 is 24.2 Å². The van der Waals surface area contributed by atoms with Crippen molar-refractivity contribution >= 4 is 28.4 Å². The molecule has 6 heteroatoms. The lowest BCUT2D eigenvalue weighted by Crippen LogP contribution is -2.44. The minimum atomic E-state index is -0.954. The number of carbonyl (C=O) groups is 2. The first-order chi connectivity index (χ1) is 19.9. The number of carbonyl (C=O) groups excluding carboxylic acids is 1.